The van der Waals surface area contributed by atoms with Crippen LogP contribution in [-0.2, 0) is 13.2 Å². The summed E-state index contributed by atoms with van der Waals surface area (Å²) in [5.41, 5.74) is 0.693. The summed E-state index contributed by atoms with van der Waals surface area (Å²) in [6.45, 7) is 1.78. The van der Waals surface area contributed by atoms with Crippen molar-refractivity contribution in [1.29, 1.82) is 0 Å². The maximum Gasteiger partial charge on any atom is 0.435 e. The molecule has 0 fully saturated rings. The van der Waals surface area contributed by atoms with Gasteiger partial charge in [-0.25, -0.2) is 4.39 Å². The topological polar surface area (TPSA) is 59.0 Å². The van der Waals surface area contributed by atoms with Crippen LogP contribution in [0, 0.1) is 12.7 Å². The second kappa shape index (κ2) is 7.34. The van der Waals surface area contributed by atoms with Crippen LogP contribution in [0.3, 0.4) is 0 Å². The molecule has 5 nitrogen and oxygen atoms in total. The lowest BCUT2D eigenvalue weighted by atomic mass is 10.1. The van der Waals surface area contributed by atoms with E-state index in [1.165, 1.54) is 25.2 Å². The minimum absolute atomic E-state index is 0.103. The zero-order valence-corrected chi connectivity index (χ0v) is 14.9. The van der Waals surface area contributed by atoms with E-state index in [-0.39, 0.29) is 11.4 Å². The zero-order valence-electron chi connectivity index (χ0n) is 14.9. The Labute approximate surface area is 158 Å². The standard InChI is InChI=1S/C19H16F4N4O/c1-11-7-8-12(20)9-15(11)24-14-6-4-3-5-13(14)18(28)25-17-10-16(19(21,22)23)26-27(17)2/h3-10,24H,1-2H3,(H,25,28). The number of alkyl halides is 3. The van der Waals surface area contributed by atoms with Gasteiger partial charge in [0.25, 0.3) is 5.91 Å². The average Bonchev–Trinajstić information content (AvgIpc) is 2.99. The van der Waals surface area contributed by atoms with Gasteiger partial charge in [0.05, 0.1) is 11.3 Å². The molecule has 0 saturated carbocycles. The van der Waals surface area contributed by atoms with E-state index in [9.17, 15) is 22.4 Å². The number of aromatic nitrogens is 2. The monoisotopic (exact) mass is 392 g/mol. The molecule has 1 heterocycles. The first-order valence-electron chi connectivity index (χ1n) is 8.20. The smallest absolute Gasteiger partial charge is 0.355 e. The number of nitrogens with one attached hydrogen (secondary N) is 2. The van der Waals surface area contributed by atoms with Crippen LogP contribution in [-0.4, -0.2) is 15.7 Å². The van der Waals surface area contributed by atoms with Crippen LogP contribution in [0.15, 0.2) is 48.5 Å². The summed E-state index contributed by atoms with van der Waals surface area (Å²) in [5, 5.41) is 8.77. The summed E-state index contributed by atoms with van der Waals surface area (Å²) < 4.78 is 52.8. The van der Waals surface area contributed by atoms with Crippen molar-refractivity contribution in [2.45, 2.75) is 13.1 Å². The molecule has 0 saturated heterocycles. The fraction of sp³-hybridized carbons (Fsp3) is 0.158. The number of anilines is 3. The molecule has 0 atom stereocenters. The molecule has 0 spiro atoms. The Morgan fingerprint density at radius 1 is 1.07 bits per heavy atom. The van der Waals surface area contributed by atoms with Crippen molar-refractivity contribution >= 4 is 23.1 Å². The first kappa shape index (κ1) is 19.4. The van der Waals surface area contributed by atoms with E-state index in [0.717, 1.165) is 16.3 Å². The van der Waals surface area contributed by atoms with E-state index in [1.54, 1.807) is 31.2 Å². The SMILES string of the molecule is Cc1ccc(F)cc1Nc1ccccc1C(=O)Nc1cc(C(F)(F)F)nn1C. The van der Waals surface area contributed by atoms with Gasteiger partial charge >= 0.3 is 6.18 Å². The lowest BCUT2D eigenvalue weighted by Gasteiger charge is -2.14. The van der Waals surface area contributed by atoms with Crippen molar-refractivity contribution < 1.29 is 22.4 Å². The molecule has 0 unspecified atom stereocenters. The van der Waals surface area contributed by atoms with Gasteiger partial charge in [-0.05, 0) is 36.8 Å². The third-order valence-corrected chi connectivity index (χ3v) is 4.05. The van der Waals surface area contributed by atoms with Crippen molar-refractivity contribution in [1.82, 2.24) is 9.78 Å². The number of halogens is 4. The van der Waals surface area contributed by atoms with E-state index in [0.29, 0.717) is 11.4 Å². The number of nitrogens with zero attached hydrogens (tertiary/aromatic N) is 2. The molecule has 1 aromatic heterocycles. The lowest BCUT2D eigenvalue weighted by molar-refractivity contribution is -0.141. The summed E-state index contributed by atoms with van der Waals surface area (Å²) in [6.07, 6.45) is -4.62. The predicted octanol–water partition coefficient (Wildman–Crippen LogP) is 4.88. The molecule has 0 bridgehead atoms. The molecule has 0 aliphatic heterocycles. The first-order chi connectivity index (χ1) is 13.1. The summed E-state index contributed by atoms with van der Waals surface area (Å²) in [7, 11) is 1.30. The molecular weight excluding hydrogens is 376 g/mol. The summed E-state index contributed by atoms with van der Waals surface area (Å²) >= 11 is 0. The van der Waals surface area contributed by atoms with Gasteiger partial charge in [0, 0.05) is 18.8 Å². The fourth-order valence-electron chi connectivity index (χ4n) is 2.57. The number of hydrogen-bond acceptors (Lipinski definition) is 3. The quantitative estimate of drug-likeness (QED) is 0.622. The molecule has 28 heavy (non-hydrogen) atoms. The van der Waals surface area contributed by atoms with Gasteiger partial charge in [0.1, 0.15) is 11.6 Å². The average molecular weight is 392 g/mol. The summed E-state index contributed by atoms with van der Waals surface area (Å²) in [5.74, 6) is -1.17. The van der Waals surface area contributed by atoms with Gasteiger partial charge < -0.3 is 10.6 Å². The van der Waals surface area contributed by atoms with Gasteiger partial charge in [0.15, 0.2) is 5.69 Å². The van der Waals surface area contributed by atoms with Crippen molar-refractivity contribution in [2.75, 3.05) is 10.6 Å². The highest BCUT2D eigenvalue weighted by Gasteiger charge is 2.34. The number of aryl methyl sites for hydroxylation is 2. The fourth-order valence-corrected chi connectivity index (χ4v) is 2.57. The Balaban J connectivity index is 1.88. The summed E-state index contributed by atoms with van der Waals surface area (Å²) in [4.78, 5) is 12.6. The Morgan fingerprint density at radius 3 is 2.46 bits per heavy atom. The maximum absolute atomic E-state index is 13.5. The molecule has 3 rings (SSSR count). The second-order valence-corrected chi connectivity index (χ2v) is 6.12. The highest BCUT2D eigenvalue weighted by Crippen LogP contribution is 2.30. The van der Waals surface area contributed by atoms with Crippen LogP contribution < -0.4 is 10.6 Å². The van der Waals surface area contributed by atoms with Crippen molar-refractivity contribution in [3.8, 4) is 0 Å². The lowest BCUT2D eigenvalue weighted by Crippen LogP contribution is -2.16. The van der Waals surface area contributed by atoms with E-state index < -0.39 is 23.6 Å². The Morgan fingerprint density at radius 2 is 1.79 bits per heavy atom. The molecule has 1 amide bonds. The van der Waals surface area contributed by atoms with Crippen molar-refractivity contribution in [3.05, 3.63) is 71.2 Å². The van der Waals surface area contributed by atoms with Gasteiger partial charge in [-0.2, -0.15) is 18.3 Å². The third kappa shape index (κ3) is 4.13. The van der Waals surface area contributed by atoms with Crippen molar-refractivity contribution in [2.24, 2.45) is 7.05 Å². The van der Waals surface area contributed by atoms with Gasteiger partial charge in [0.2, 0.25) is 0 Å². The van der Waals surface area contributed by atoms with Crippen LogP contribution in [0.2, 0.25) is 0 Å². The molecule has 2 N–H and O–H groups in total. The number of hydrogen-bond donors (Lipinski definition) is 2. The van der Waals surface area contributed by atoms with Crippen LogP contribution in [0.1, 0.15) is 21.6 Å². The largest absolute Gasteiger partial charge is 0.435 e. The Hall–Kier alpha value is -3.36. The second-order valence-electron chi connectivity index (χ2n) is 6.12. The minimum atomic E-state index is -4.62. The number of carbonyl (C=O) groups is 1. The minimum Gasteiger partial charge on any atom is -0.355 e. The predicted molar refractivity (Wildman–Crippen MR) is 97.0 cm³/mol. The molecule has 9 heteroatoms. The maximum atomic E-state index is 13.5. The molecule has 3 aromatic rings. The normalized spacial score (nSPS) is 11.4. The molecule has 0 aliphatic rings. The number of rotatable bonds is 4. The van der Waals surface area contributed by atoms with Gasteiger partial charge in [-0.15, -0.1) is 0 Å². The molecule has 2 aromatic carbocycles. The number of para-hydroxylation sites is 1. The highest BCUT2D eigenvalue weighted by atomic mass is 19.4. The Bertz CT molecular complexity index is 1030. The molecular formula is C19H16F4N4O. The number of carbonyl (C=O) groups excluding carboxylic acids is 1. The van der Waals surface area contributed by atoms with E-state index >= 15 is 0 Å². The van der Waals surface area contributed by atoms with Gasteiger partial charge in [-0.1, -0.05) is 18.2 Å². The van der Waals surface area contributed by atoms with Crippen LogP contribution in [0.25, 0.3) is 0 Å². The van der Waals surface area contributed by atoms with Crippen molar-refractivity contribution in [3.63, 3.8) is 0 Å². The number of amides is 1. The van der Waals surface area contributed by atoms with E-state index in [2.05, 4.69) is 15.7 Å². The van der Waals surface area contributed by atoms with E-state index in [4.69, 9.17) is 0 Å². The van der Waals surface area contributed by atoms with E-state index in [1.807, 2.05) is 0 Å². The van der Waals surface area contributed by atoms with Gasteiger partial charge in [-0.3, -0.25) is 9.48 Å². The third-order valence-electron chi connectivity index (χ3n) is 4.05. The van der Waals surface area contributed by atoms with Crippen LogP contribution in [0.4, 0.5) is 34.8 Å². The molecule has 0 aliphatic carbocycles. The molecule has 146 valence electrons. The number of benzene rings is 2. The molecule has 0 radical (unpaired) electrons. The first-order valence-corrected chi connectivity index (χ1v) is 8.20. The highest BCUT2D eigenvalue weighted by molar-refractivity contribution is 6.08. The summed E-state index contributed by atoms with van der Waals surface area (Å²) in [6, 6.07) is 11.4. The van der Waals surface area contributed by atoms with Crippen LogP contribution in [0.5, 0.6) is 0 Å². The Kier molecular flexibility index (Phi) is 5.08. The zero-order chi connectivity index (χ0) is 20.5. The van der Waals surface area contributed by atoms with Crippen LogP contribution >= 0.6 is 0 Å².